The van der Waals surface area contributed by atoms with Crippen LogP contribution in [0.3, 0.4) is 0 Å². The van der Waals surface area contributed by atoms with Gasteiger partial charge in [0.1, 0.15) is 0 Å². The van der Waals surface area contributed by atoms with Crippen molar-refractivity contribution in [1.82, 2.24) is 10.2 Å². The number of carbonyl (C=O) groups excluding carboxylic acids is 1. The molecule has 18 heavy (non-hydrogen) atoms. The SMILES string of the molecule is NCC1CCN(CC(=O)NCCc2cccs2)C1. The molecule has 1 aliphatic heterocycles. The van der Waals surface area contributed by atoms with Crippen LogP contribution in [0.1, 0.15) is 11.3 Å². The van der Waals surface area contributed by atoms with E-state index in [4.69, 9.17) is 5.73 Å². The molecule has 1 atom stereocenters. The molecular weight excluding hydrogens is 246 g/mol. The Hall–Kier alpha value is -0.910. The minimum atomic E-state index is 0.129. The van der Waals surface area contributed by atoms with Crippen LogP contribution >= 0.6 is 11.3 Å². The number of rotatable bonds is 6. The molecule has 1 aromatic rings. The lowest BCUT2D eigenvalue weighted by atomic mass is 10.1. The van der Waals surface area contributed by atoms with Crippen molar-refractivity contribution in [3.8, 4) is 0 Å². The summed E-state index contributed by atoms with van der Waals surface area (Å²) in [5.74, 6) is 0.702. The summed E-state index contributed by atoms with van der Waals surface area (Å²) in [6.45, 7) is 3.94. The molecule has 0 aromatic carbocycles. The van der Waals surface area contributed by atoms with Crippen molar-refractivity contribution >= 4 is 17.2 Å². The molecule has 2 rings (SSSR count). The molecule has 1 amide bonds. The standard InChI is InChI=1S/C13H21N3OS/c14-8-11-4-6-16(9-11)10-13(17)15-5-3-12-2-1-7-18-12/h1-2,7,11H,3-6,8-10,14H2,(H,15,17). The van der Waals surface area contributed by atoms with E-state index in [1.165, 1.54) is 4.88 Å². The first-order chi connectivity index (χ1) is 8.78. The number of thiophene rings is 1. The van der Waals surface area contributed by atoms with Crippen molar-refractivity contribution in [2.24, 2.45) is 11.7 Å². The summed E-state index contributed by atoms with van der Waals surface area (Å²) in [4.78, 5) is 15.3. The van der Waals surface area contributed by atoms with Crippen molar-refractivity contribution in [3.63, 3.8) is 0 Å². The van der Waals surface area contributed by atoms with Crippen LogP contribution in [0.2, 0.25) is 0 Å². The first kappa shape index (κ1) is 13.5. The average Bonchev–Trinajstić information content (AvgIpc) is 3.00. The van der Waals surface area contributed by atoms with E-state index in [2.05, 4.69) is 21.7 Å². The fourth-order valence-corrected chi connectivity index (χ4v) is 3.00. The van der Waals surface area contributed by atoms with Gasteiger partial charge in [-0.1, -0.05) is 6.07 Å². The highest BCUT2D eigenvalue weighted by Gasteiger charge is 2.22. The van der Waals surface area contributed by atoms with Gasteiger partial charge in [-0.25, -0.2) is 0 Å². The second kappa shape index (κ2) is 6.87. The Balaban J connectivity index is 1.61. The summed E-state index contributed by atoms with van der Waals surface area (Å²) in [6.07, 6.45) is 2.05. The van der Waals surface area contributed by atoms with Gasteiger partial charge in [-0.05, 0) is 43.3 Å². The average molecular weight is 267 g/mol. The van der Waals surface area contributed by atoms with Crippen molar-refractivity contribution in [2.75, 3.05) is 32.7 Å². The van der Waals surface area contributed by atoms with Gasteiger partial charge in [0.05, 0.1) is 6.54 Å². The first-order valence-corrected chi connectivity index (χ1v) is 7.37. The van der Waals surface area contributed by atoms with Crippen LogP contribution in [0.5, 0.6) is 0 Å². The van der Waals surface area contributed by atoms with Crippen molar-refractivity contribution in [3.05, 3.63) is 22.4 Å². The molecule has 0 radical (unpaired) electrons. The van der Waals surface area contributed by atoms with Crippen LogP contribution in [0.15, 0.2) is 17.5 Å². The summed E-state index contributed by atoms with van der Waals surface area (Å²) in [5.41, 5.74) is 5.64. The molecule has 2 heterocycles. The van der Waals surface area contributed by atoms with Crippen LogP contribution in [0, 0.1) is 5.92 Å². The third-order valence-electron chi connectivity index (χ3n) is 3.34. The van der Waals surface area contributed by atoms with Crippen LogP contribution in [0.4, 0.5) is 0 Å². The lowest BCUT2D eigenvalue weighted by molar-refractivity contribution is -0.122. The minimum absolute atomic E-state index is 0.129. The van der Waals surface area contributed by atoms with Crippen molar-refractivity contribution in [2.45, 2.75) is 12.8 Å². The van der Waals surface area contributed by atoms with Crippen LogP contribution in [0.25, 0.3) is 0 Å². The molecule has 0 saturated carbocycles. The number of likely N-dealkylation sites (tertiary alicyclic amines) is 1. The number of nitrogens with two attached hydrogens (primary N) is 1. The van der Waals surface area contributed by atoms with Gasteiger partial charge in [-0.3, -0.25) is 9.69 Å². The van der Waals surface area contributed by atoms with E-state index in [0.29, 0.717) is 12.5 Å². The maximum atomic E-state index is 11.7. The predicted molar refractivity (Wildman–Crippen MR) is 74.6 cm³/mol. The summed E-state index contributed by atoms with van der Waals surface area (Å²) in [7, 11) is 0. The zero-order valence-corrected chi connectivity index (χ0v) is 11.4. The number of amides is 1. The smallest absolute Gasteiger partial charge is 0.234 e. The Labute approximate surface area is 112 Å². The number of nitrogens with zero attached hydrogens (tertiary/aromatic N) is 1. The Kier molecular flexibility index (Phi) is 5.16. The normalized spacial score (nSPS) is 20.2. The van der Waals surface area contributed by atoms with Crippen molar-refractivity contribution < 1.29 is 4.79 Å². The van der Waals surface area contributed by atoms with Crippen LogP contribution in [-0.2, 0) is 11.2 Å². The molecule has 0 spiro atoms. The Morgan fingerprint density at radius 1 is 1.61 bits per heavy atom. The maximum Gasteiger partial charge on any atom is 0.234 e. The molecule has 0 aliphatic carbocycles. The van der Waals surface area contributed by atoms with E-state index in [0.717, 1.165) is 39.0 Å². The first-order valence-electron chi connectivity index (χ1n) is 6.49. The zero-order valence-electron chi connectivity index (χ0n) is 10.6. The number of nitrogens with one attached hydrogen (secondary N) is 1. The van der Waals surface area contributed by atoms with Crippen molar-refractivity contribution in [1.29, 1.82) is 0 Å². The van der Waals surface area contributed by atoms with Gasteiger partial charge in [0.15, 0.2) is 0 Å². The highest BCUT2D eigenvalue weighted by molar-refractivity contribution is 7.09. The molecule has 1 saturated heterocycles. The van der Waals surface area contributed by atoms with E-state index < -0.39 is 0 Å². The lowest BCUT2D eigenvalue weighted by Crippen LogP contribution is -2.37. The molecule has 1 aliphatic rings. The molecule has 1 unspecified atom stereocenters. The largest absolute Gasteiger partial charge is 0.355 e. The predicted octanol–water partition coefficient (Wildman–Crippen LogP) is 0.687. The summed E-state index contributed by atoms with van der Waals surface area (Å²) in [5, 5.41) is 5.04. The molecule has 5 heteroatoms. The molecular formula is C13H21N3OS. The van der Waals surface area contributed by atoms with Gasteiger partial charge in [0.2, 0.25) is 5.91 Å². The molecule has 4 nitrogen and oxygen atoms in total. The number of hydrogen-bond acceptors (Lipinski definition) is 4. The molecule has 1 aromatic heterocycles. The highest BCUT2D eigenvalue weighted by Crippen LogP contribution is 2.13. The topological polar surface area (TPSA) is 58.4 Å². The highest BCUT2D eigenvalue weighted by atomic mass is 32.1. The monoisotopic (exact) mass is 267 g/mol. The third-order valence-corrected chi connectivity index (χ3v) is 4.28. The summed E-state index contributed by atoms with van der Waals surface area (Å²) in [6, 6.07) is 4.14. The number of carbonyl (C=O) groups is 1. The Morgan fingerprint density at radius 3 is 3.17 bits per heavy atom. The molecule has 100 valence electrons. The lowest BCUT2D eigenvalue weighted by Gasteiger charge is -2.15. The van der Waals surface area contributed by atoms with Gasteiger partial charge in [-0.15, -0.1) is 11.3 Å². The van der Waals surface area contributed by atoms with Gasteiger partial charge >= 0.3 is 0 Å². The fourth-order valence-electron chi connectivity index (χ4n) is 2.29. The van der Waals surface area contributed by atoms with Crippen LogP contribution in [-0.4, -0.2) is 43.5 Å². The van der Waals surface area contributed by atoms with Crippen LogP contribution < -0.4 is 11.1 Å². The Bertz CT molecular complexity index is 366. The summed E-state index contributed by atoms with van der Waals surface area (Å²) >= 11 is 1.74. The van der Waals surface area contributed by atoms with E-state index in [1.807, 2.05) is 6.07 Å². The van der Waals surface area contributed by atoms with Gasteiger partial charge in [0, 0.05) is 18.0 Å². The second-order valence-electron chi connectivity index (χ2n) is 4.80. The Morgan fingerprint density at radius 2 is 2.50 bits per heavy atom. The maximum absolute atomic E-state index is 11.7. The van der Waals surface area contributed by atoms with E-state index in [9.17, 15) is 4.79 Å². The second-order valence-corrected chi connectivity index (χ2v) is 5.84. The van der Waals surface area contributed by atoms with E-state index in [-0.39, 0.29) is 5.91 Å². The van der Waals surface area contributed by atoms with Gasteiger partial charge < -0.3 is 11.1 Å². The minimum Gasteiger partial charge on any atom is -0.355 e. The molecule has 0 bridgehead atoms. The molecule has 1 fully saturated rings. The van der Waals surface area contributed by atoms with E-state index in [1.54, 1.807) is 11.3 Å². The quantitative estimate of drug-likeness (QED) is 0.797. The fraction of sp³-hybridized carbons (Fsp3) is 0.615. The summed E-state index contributed by atoms with van der Waals surface area (Å²) < 4.78 is 0. The third kappa shape index (κ3) is 4.08. The molecule has 3 N–H and O–H groups in total. The van der Waals surface area contributed by atoms with Gasteiger partial charge in [0.25, 0.3) is 0 Å². The zero-order chi connectivity index (χ0) is 12.8. The number of hydrogen-bond donors (Lipinski definition) is 2. The van der Waals surface area contributed by atoms with E-state index >= 15 is 0 Å². The van der Waals surface area contributed by atoms with Gasteiger partial charge in [-0.2, -0.15) is 0 Å².